The Hall–Kier alpha value is -0.740. The minimum atomic E-state index is -0.0205. The Labute approximate surface area is 109 Å². The van der Waals surface area contributed by atoms with Crippen molar-refractivity contribution in [3.8, 4) is 11.5 Å². The van der Waals surface area contributed by atoms with E-state index in [0.29, 0.717) is 6.61 Å². The van der Waals surface area contributed by atoms with Gasteiger partial charge >= 0.3 is 0 Å². The maximum absolute atomic E-state index is 6.20. The third-order valence-corrected chi connectivity index (χ3v) is 4.12. The second-order valence-corrected chi connectivity index (χ2v) is 5.80. The Kier molecular flexibility index (Phi) is 2.79. The van der Waals surface area contributed by atoms with Crippen molar-refractivity contribution in [3.63, 3.8) is 0 Å². The van der Waals surface area contributed by atoms with Gasteiger partial charge < -0.3 is 15.2 Å². The molecule has 0 unspecified atom stereocenters. The second-order valence-electron chi connectivity index (χ2n) is 4.94. The van der Waals surface area contributed by atoms with Gasteiger partial charge in [-0.05, 0) is 31.4 Å². The standard InChI is InChI=1S/C13H16BrNO2/c14-10-2-3-11-12(17-7-1-6-16-11)9(10)8-13(15)4-5-13/h2-3H,1,4-8,15H2. The van der Waals surface area contributed by atoms with Crippen LogP contribution in [0.3, 0.4) is 0 Å². The summed E-state index contributed by atoms with van der Waals surface area (Å²) >= 11 is 3.59. The molecule has 0 atom stereocenters. The minimum absolute atomic E-state index is 0.0205. The van der Waals surface area contributed by atoms with Crippen LogP contribution < -0.4 is 15.2 Å². The highest BCUT2D eigenvalue weighted by molar-refractivity contribution is 9.10. The molecule has 17 heavy (non-hydrogen) atoms. The van der Waals surface area contributed by atoms with Crippen LogP contribution in [0.5, 0.6) is 11.5 Å². The molecule has 1 heterocycles. The second kappa shape index (κ2) is 4.18. The van der Waals surface area contributed by atoms with Crippen LogP contribution in [0.25, 0.3) is 0 Å². The Morgan fingerprint density at radius 1 is 1.24 bits per heavy atom. The number of benzene rings is 1. The van der Waals surface area contributed by atoms with E-state index in [1.807, 2.05) is 12.1 Å². The van der Waals surface area contributed by atoms with E-state index in [0.717, 1.165) is 53.8 Å². The molecule has 0 amide bonds. The lowest BCUT2D eigenvalue weighted by Crippen LogP contribution is -2.25. The van der Waals surface area contributed by atoms with Crippen molar-refractivity contribution in [2.45, 2.75) is 31.2 Å². The molecule has 0 aromatic heterocycles. The zero-order valence-corrected chi connectivity index (χ0v) is 11.3. The van der Waals surface area contributed by atoms with E-state index in [2.05, 4.69) is 15.9 Å². The predicted octanol–water partition coefficient (Wildman–Crippen LogP) is 2.64. The molecule has 1 aromatic rings. The van der Waals surface area contributed by atoms with Gasteiger partial charge in [0.1, 0.15) is 0 Å². The van der Waals surface area contributed by atoms with Gasteiger partial charge in [0.2, 0.25) is 0 Å². The fourth-order valence-electron chi connectivity index (χ4n) is 2.12. The number of rotatable bonds is 2. The molecular weight excluding hydrogens is 282 g/mol. The molecule has 1 aliphatic carbocycles. The van der Waals surface area contributed by atoms with Crippen molar-refractivity contribution in [2.75, 3.05) is 13.2 Å². The molecular formula is C13H16BrNO2. The molecule has 0 spiro atoms. The first-order valence-corrected chi connectivity index (χ1v) is 6.83. The quantitative estimate of drug-likeness (QED) is 0.913. The van der Waals surface area contributed by atoms with E-state index in [-0.39, 0.29) is 5.54 Å². The van der Waals surface area contributed by atoms with Crippen LogP contribution >= 0.6 is 15.9 Å². The van der Waals surface area contributed by atoms with Gasteiger partial charge in [-0.3, -0.25) is 0 Å². The third kappa shape index (κ3) is 2.29. The van der Waals surface area contributed by atoms with E-state index >= 15 is 0 Å². The van der Waals surface area contributed by atoms with Crippen molar-refractivity contribution < 1.29 is 9.47 Å². The highest BCUT2D eigenvalue weighted by Gasteiger charge is 2.39. The molecule has 4 heteroatoms. The Morgan fingerprint density at radius 2 is 2.00 bits per heavy atom. The van der Waals surface area contributed by atoms with Gasteiger partial charge in [-0.2, -0.15) is 0 Å². The Balaban J connectivity index is 1.99. The third-order valence-electron chi connectivity index (χ3n) is 3.38. The number of halogens is 1. The summed E-state index contributed by atoms with van der Waals surface area (Å²) in [5.74, 6) is 1.73. The maximum atomic E-state index is 6.20. The van der Waals surface area contributed by atoms with E-state index in [4.69, 9.17) is 15.2 Å². The highest BCUT2D eigenvalue weighted by atomic mass is 79.9. The van der Waals surface area contributed by atoms with Crippen LogP contribution in [0, 0.1) is 0 Å². The summed E-state index contributed by atoms with van der Waals surface area (Å²) in [7, 11) is 0. The van der Waals surface area contributed by atoms with Gasteiger partial charge in [-0.25, -0.2) is 0 Å². The van der Waals surface area contributed by atoms with Crippen LogP contribution in [0.1, 0.15) is 24.8 Å². The average molecular weight is 298 g/mol. The number of fused-ring (bicyclic) bond motifs is 1. The molecule has 0 radical (unpaired) electrons. The highest BCUT2D eigenvalue weighted by Crippen LogP contribution is 2.44. The van der Waals surface area contributed by atoms with Crippen molar-refractivity contribution in [2.24, 2.45) is 5.73 Å². The molecule has 1 aliphatic heterocycles. The van der Waals surface area contributed by atoms with Crippen LogP contribution in [-0.4, -0.2) is 18.8 Å². The molecule has 92 valence electrons. The zero-order chi connectivity index (χ0) is 11.9. The first-order chi connectivity index (χ1) is 8.18. The lowest BCUT2D eigenvalue weighted by molar-refractivity contribution is 0.296. The zero-order valence-electron chi connectivity index (χ0n) is 9.67. The van der Waals surface area contributed by atoms with Gasteiger partial charge in [0.25, 0.3) is 0 Å². The summed E-state index contributed by atoms with van der Waals surface area (Å²) in [6.07, 6.45) is 3.99. The van der Waals surface area contributed by atoms with Crippen molar-refractivity contribution in [1.82, 2.24) is 0 Å². The van der Waals surface area contributed by atoms with Gasteiger partial charge in [-0.1, -0.05) is 15.9 Å². The van der Waals surface area contributed by atoms with Gasteiger partial charge in [0, 0.05) is 22.0 Å². The summed E-state index contributed by atoms with van der Waals surface area (Å²) in [4.78, 5) is 0. The van der Waals surface area contributed by atoms with Crippen molar-refractivity contribution >= 4 is 15.9 Å². The van der Waals surface area contributed by atoms with E-state index in [9.17, 15) is 0 Å². The summed E-state index contributed by atoms with van der Waals surface area (Å²) in [6, 6.07) is 3.99. The fourth-order valence-corrected chi connectivity index (χ4v) is 2.58. The monoisotopic (exact) mass is 297 g/mol. The Bertz CT molecular complexity index is 443. The number of nitrogens with two attached hydrogens (primary N) is 1. The molecule has 1 aromatic carbocycles. The number of hydrogen-bond acceptors (Lipinski definition) is 3. The molecule has 0 saturated heterocycles. The molecule has 3 rings (SSSR count). The van der Waals surface area contributed by atoms with Crippen LogP contribution in [0.15, 0.2) is 16.6 Å². The largest absolute Gasteiger partial charge is 0.490 e. The fraction of sp³-hybridized carbons (Fsp3) is 0.538. The lowest BCUT2D eigenvalue weighted by Gasteiger charge is -2.17. The molecule has 2 N–H and O–H groups in total. The Morgan fingerprint density at radius 3 is 2.76 bits per heavy atom. The summed E-state index contributed by atoms with van der Waals surface area (Å²) in [5, 5.41) is 0. The lowest BCUT2D eigenvalue weighted by atomic mass is 10.0. The number of hydrogen-bond donors (Lipinski definition) is 1. The molecule has 1 fully saturated rings. The van der Waals surface area contributed by atoms with E-state index < -0.39 is 0 Å². The van der Waals surface area contributed by atoms with Gasteiger partial charge in [0.05, 0.1) is 13.2 Å². The summed E-state index contributed by atoms with van der Waals surface area (Å²) < 4.78 is 12.6. The molecule has 3 nitrogen and oxygen atoms in total. The normalized spacial score (nSPS) is 20.8. The molecule has 1 saturated carbocycles. The van der Waals surface area contributed by atoms with E-state index in [1.54, 1.807) is 0 Å². The molecule has 0 bridgehead atoms. The van der Waals surface area contributed by atoms with Crippen molar-refractivity contribution in [1.29, 1.82) is 0 Å². The predicted molar refractivity (Wildman–Crippen MR) is 69.6 cm³/mol. The summed E-state index contributed by atoms with van der Waals surface area (Å²) in [6.45, 7) is 1.44. The van der Waals surface area contributed by atoms with E-state index in [1.165, 1.54) is 0 Å². The SMILES string of the molecule is NC1(Cc2c(Br)ccc3c2OCCCO3)CC1. The maximum Gasteiger partial charge on any atom is 0.165 e. The van der Waals surface area contributed by atoms with Gasteiger partial charge in [0.15, 0.2) is 11.5 Å². The smallest absolute Gasteiger partial charge is 0.165 e. The molecule has 2 aliphatic rings. The van der Waals surface area contributed by atoms with Crippen molar-refractivity contribution in [3.05, 3.63) is 22.2 Å². The minimum Gasteiger partial charge on any atom is -0.490 e. The first-order valence-electron chi connectivity index (χ1n) is 6.04. The average Bonchev–Trinajstić information content (AvgIpc) is 3.06. The van der Waals surface area contributed by atoms with Crippen LogP contribution in [0.2, 0.25) is 0 Å². The topological polar surface area (TPSA) is 44.5 Å². The van der Waals surface area contributed by atoms with Gasteiger partial charge in [-0.15, -0.1) is 0 Å². The summed E-state index contributed by atoms with van der Waals surface area (Å²) in [5.41, 5.74) is 7.34. The van der Waals surface area contributed by atoms with Crippen LogP contribution in [0.4, 0.5) is 0 Å². The number of ether oxygens (including phenoxy) is 2. The van der Waals surface area contributed by atoms with Crippen LogP contribution in [-0.2, 0) is 6.42 Å². The first kappa shape index (κ1) is 11.4.